The monoisotopic (exact) mass is 287 g/mol. The highest BCUT2D eigenvalue weighted by Gasteiger charge is 2.15. The van der Waals surface area contributed by atoms with E-state index in [9.17, 15) is 14.7 Å². The number of hydrogen-bond donors (Lipinski definition) is 2. The lowest BCUT2D eigenvalue weighted by atomic mass is 9.97. The van der Waals surface area contributed by atoms with Crippen molar-refractivity contribution in [1.29, 1.82) is 0 Å². The van der Waals surface area contributed by atoms with Crippen molar-refractivity contribution in [3.63, 3.8) is 0 Å². The van der Waals surface area contributed by atoms with Crippen molar-refractivity contribution in [3.05, 3.63) is 52.9 Å². The zero-order chi connectivity index (χ0) is 16.2. The van der Waals surface area contributed by atoms with Gasteiger partial charge in [-0.05, 0) is 44.1 Å². The van der Waals surface area contributed by atoms with E-state index in [1.807, 2.05) is 0 Å². The van der Waals surface area contributed by atoms with Gasteiger partial charge in [0, 0.05) is 23.0 Å². The number of rotatable bonds is 5. The van der Waals surface area contributed by atoms with E-state index in [2.05, 4.69) is 11.6 Å². The van der Waals surface area contributed by atoms with Crippen molar-refractivity contribution >= 4 is 23.6 Å². The van der Waals surface area contributed by atoms with Crippen molar-refractivity contribution in [3.8, 4) is 0 Å². The first-order valence-corrected chi connectivity index (χ1v) is 6.23. The summed E-state index contributed by atoms with van der Waals surface area (Å²) in [6.07, 6.45) is 4.40. The summed E-state index contributed by atoms with van der Waals surface area (Å²) in [5.41, 5.74) is 2.42. The Balaban J connectivity index is 3.55. The van der Waals surface area contributed by atoms with E-state index in [-0.39, 0.29) is 11.1 Å². The molecule has 0 amide bonds. The fourth-order valence-electron chi connectivity index (χ4n) is 1.79. The third-order valence-electron chi connectivity index (χ3n) is 3.08. The summed E-state index contributed by atoms with van der Waals surface area (Å²) < 4.78 is 0. The highest BCUT2D eigenvalue weighted by atomic mass is 16.4. The number of carbonyl (C=O) groups is 2. The summed E-state index contributed by atoms with van der Waals surface area (Å²) in [6.45, 7) is 8.40. The van der Waals surface area contributed by atoms with E-state index in [4.69, 9.17) is 5.11 Å². The quantitative estimate of drug-likeness (QED) is 0.642. The van der Waals surface area contributed by atoms with E-state index in [1.54, 1.807) is 32.2 Å². The maximum Gasteiger partial charge on any atom is 0.335 e. The van der Waals surface area contributed by atoms with Crippen LogP contribution >= 0.6 is 0 Å². The lowest BCUT2D eigenvalue weighted by Gasteiger charge is -2.10. The third kappa shape index (κ3) is 3.89. The highest BCUT2D eigenvalue weighted by Crippen LogP contribution is 2.24. The van der Waals surface area contributed by atoms with Crippen LogP contribution in [0.1, 0.15) is 30.7 Å². The van der Waals surface area contributed by atoms with E-state index in [1.165, 1.54) is 6.92 Å². The summed E-state index contributed by atoms with van der Waals surface area (Å²) in [7, 11) is 0. The molecule has 0 saturated carbocycles. The molecule has 0 saturated heterocycles. The molecule has 0 aliphatic carbocycles. The van der Waals surface area contributed by atoms with E-state index < -0.39 is 11.9 Å². The Morgan fingerprint density at radius 3 is 2.33 bits per heavy atom. The smallest absolute Gasteiger partial charge is 0.335 e. The van der Waals surface area contributed by atoms with Crippen molar-refractivity contribution in [1.82, 2.24) is 4.98 Å². The van der Waals surface area contributed by atoms with Crippen LogP contribution in [0.4, 0.5) is 0 Å². The van der Waals surface area contributed by atoms with Gasteiger partial charge in [-0.1, -0.05) is 12.7 Å². The van der Waals surface area contributed by atoms with Crippen molar-refractivity contribution < 1.29 is 19.8 Å². The molecule has 0 unspecified atom stereocenters. The second-order valence-electron chi connectivity index (χ2n) is 4.58. The van der Waals surface area contributed by atoms with E-state index >= 15 is 0 Å². The number of aromatic nitrogens is 1. The summed E-state index contributed by atoms with van der Waals surface area (Å²) in [5, 5.41) is 18.2. The van der Waals surface area contributed by atoms with Gasteiger partial charge in [-0.25, -0.2) is 9.59 Å². The van der Waals surface area contributed by atoms with Crippen LogP contribution < -0.4 is 0 Å². The van der Waals surface area contributed by atoms with Crippen molar-refractivity contribution in [2.75, 3.05) is 0 Å². The van der Waals surface area contributed by atoms with Gasteiger partial charge in [0.15, 0.2) is 0 Å². The Hall–Kier alpha value is -2.69. The minimum Gasteiger partial charge on any atom is -0.478 e. The SMILES string of the molecule is C=Cc1cnc(C)c(C(C)=C(C=C(C)C(=O)O)C(=O)O)c1. The summed E-state index contributed by atoms with van der Waals surface area (Å²) in [4.78, 5) is 26.5. The molecule has 1 rings (SSSR count). The fourth-order valence-corrected chi connectivity index (χ4v) is 1.79. The van der Waals surface area contributed by atoms with E-state index in [0.29, 0.717) is 16.8 Å². The van der Waals surface area contributed by atoms with Gasteiger partial charge < -0.3 is 10.2 Å². The molecule has 0 atom stereocenters. The molecular weight excluding hydrogens is 270 g/mol. The minimum atomic E-state index is -1.18. The second-order valence-corrected chi connectivity index (χ2v) is 4.58. The molecule has 0 spiro atoms. The van der Waals surface area contributed by atoms with Crippen LogP contribution in [0.2, 0.25) is 0 Å². The summed E-state index contributed by atoms with van der Waals surface area (Å²) in [5.74, 6) is -2.34. The molecule has 0 aromatic carbocycles. The average Bonchev–Trinajstić information content (AvgIpc) is 2.43. The Kier molecular flexibility index (Phi) is 5.18. The second kappa shape index (κ2) is 6.65. The number of pyridine rings is 1. The molecule has 110 valence electrons. The number of carboxylic acids is 2. The van der Waals surface area contributed by atoms with Crippen LogP contribution in [-0.4, -0.2) is 27.1 Å². The molecule has 0 fully saturated rings. The predicted octanol–water partition coefficient (Wildman–Crippen LogP) is 2.92. The molecule has 1 aromatic heterocycles. The number of aliphatic carboxylic acids is 2. The van der Waals surface area contributed by atoms with Gasteiger partial charge >= 0.3 is 11.9 Å². The van der Waals surface area contributed by atoms with Gasteiger partial charge in [-0.3, -0.25) is 4.98 Å². The maximum absolute atomic E-state index is 11.4. The van der Waals surface area contributed by atoms with Gasteiger partial charge in [-0.15, -0.1) is 0 Å². The number of hydrogen-bond acceptors (Lipinski definition) is 3. The van der Waals surface area contributed by atoms with Crippen molar-refractivity contribution in [2.24, 2.45) is 0 Å². The first-order valence-electron chi connectivity index (χ1n) is 6.23. The van der Waals surface area contributed by atoms with Gasteiger partial charge in [0.25, 0.3) is 0 Å². The summed E-state index contributed by atoms with van der Waals surface area (Å²) in [6, 6.07) is 1.78. The molecule has 0 aliphatic rings. The van der Waals surface area contributed by atoms with Gasteiger partial charge in [0.05, 0.1) is 5.57 Å². The zero-order valence-electron chi connectivity index (χ0n) is 12.2. The van der Waals surface area contributed by atoms with Gasteiger partial charge in [-0.2, -0.15) is 0 Å². The lowest BCUT2D eigenvalue weighted by molar-refractivity contribution is -0.132. The zero-order valence-corrected chi connectivity index (χ0v) is 12.2. The normalized spacial score (nSPS) is 12.6. The van der Waals surface area contributed by atoms with Crippen LogP contribution in [-0.2, 0) is 9.59 Å². The van der Waals surface area contributed by atoms with E-state index in [0.717, 1.165) is 11.6 Å². The van der Waals surface area contributed by atoms with Crippen LogP contribution in [0.5, 0.6) is 0 Å². The largest absolute Gasteiger partial charge is 0.478 e. The summed E-state index contributed by atoms with van der Waals surface area (Å²) >= 11 is 0. The standard InChI is InChI=1S/C16H17NO4/c1-5-12-7-13(11(4)17-8-12)10(3)14(16(20)21)6-9(2)15(18)19/h5-8H,1H2,2-4H3,(H,18,19)(H,20,21). The molecule has 5 heteroatoms. The Morgan fingerprint density at radius 1 is 1.24 bits per heavy atom. The van der Waals surface area contributed by atoms with Crippen molar-refractivity contribution in [2.45, 2.75) is 20.8 Å². The highest BCUT2D eigenvalue weighted by molar-refractivity contribution is 6.01. The number of nitrogens with zero attached hydrogens (tertiary/aromatic N) is 1. The lowest BCUT2D eigenvalue weighted by Crippen LogP contribution is -2.05. The number of allylic oxidation sites excluding steroid dienone is 1. The first-order chi connectivity index (χ1) is 9.77. The molecule has 0 aliphatic heterocycles. The molecule has 2 N–H and O–H groups in total. The van der Waals surface area contributed by atoms with Crippen LogP contribution in [0, 0.1) is 6.92 Å². The Bertz CT molecular complexity index is 669. The number of aryl methyl sites for hydroxylation is 1. The third-order valence-corrected chi connectivity index (χ3v) is 3.08. The number of carboxylic acid groups (broad SMARTS) is 2. The predicted molar refractivity (Wildman–Crippen MR) is 80.7 cm³/mol. The Morgan fingerprint density at radius 2 is 1.86 bits per heavy atom. The molecule has 5 nitrogen and oxygen atoms in total. The van der Waals surface area contributed by atoms with Gasteiger partial charge in [0.1, 0.15) is 0 Å². The van der Waals surface area contributed by atoms with Crippen LogP contribution in [0.3, 0.4) is 0 Å². The molecule has 0 radical (unpaired) electrons. The fraction of sp³-hybridized carbons (Fsp3) is 0.188. The first kappa shape index (κ1) is 16.4. The van der Waals surface area contributed by atoms with Crippen LogP contribution in [0.15, 0.2) is 36.1 Å². The minimum absolute atomic E-state index is 0.0442. The average molecular weight is 287 g/mol. The topological polar surface area (TPSA) is 87.5 Å². The molecule has 0 bridgehead atoms. The maximum atomic E-state index is 11.4. The Labute approximate surface area is 123 Å². The van der Waals surface area contributed by atoms with Crippen LogP contribution in [0.25, 0.3) is 11.6 Å². The van der Waals surface area contributed by atoms with Gasteiger partial charge in [0.2, 0.25) is 0 Å². The molecule has 1 heterocycles. The molecular formula is C16H17NO4. The molecule has 21 heavy (non-hydrogen) atoms. The molecule has 1 aromatic rings.